The van der Waals surface area contributed by atoms with Crippen LogP contribution in [0.1, 0.15) is 20.8 Å². The van der Waals surface area contributed by atoms with Crippen LogP contribution in [0.2, 0.25) is 0 Å². The van der Waals surface area contributed by atoms with Crippen LogP contribution >= 0.6 is 0 Å². The van der Waals surface area contributed by atoms with Crippen molar-refractivity contribution in [2.45, 2.75) is 26.4 Å². The van der Waals surface area contributed by atoms with E-state index in [2.05, 4.69) is 16.7 Å². The molecule has 0 fully saturated rings. The van der Waals surface area contributed by atoms with E-state index in [0.717, 1.165) is 0 Å². The Hall–Kier alpha value is -1.42. The molecule has 4 heteroatoms. The van der Waals surface area contributed by atoms with E-state index >= 15 is 0 Å². The molecule has 0 bridgehead atoms. The van der Waals surface area contributed by atoms with Gasteiger partial charge in [0.05, 0.1) is 5.70 Å². The molecule has 1 heterocycles. The average molecular weight is 207 g/mol. The predicted octanol–water partition coefficient (Wildman–Crippen LogP) is 1.55. The van der Waals surface area contributed by atoms with Crippen molar-refractivity contribution in [2.75, 3.05) is 7.05 Å². The quantitative estimate of drug-likeness (QED) is 0.746. The van der Waals surface area contributed by atoms with Crippen molar-refractivity contribution >= 4 is 11.4 Å². The minimum Gasteiger partial charge on any atom is -0.384 e. The lowest BCUT2D eigenvalue weighted by Crippen LogP contribution is -2.35. The van der Waals surface area contributed by atoms with Gasteiger partial charge in [0, 0.05) is 13.2 Å². The Morgan fingerprint density at radius 1 is 1.53 bits per heavy atom. The number of aliphatic hydroxyl groups is 1. The van der Waals surface area contributed by atoms with Crippen molar-refractivity contribution in [2.24, 2.45) is 10.1 Å². The van der Waals surface area contributed by atoms with Gasteiger partial charge in [-0.1, -0.05) is 12.7 Å². The Morgan fingerprint density at radius 2 is 2.13 bits per heavy atom. The van der Waals surface area contributed by atoms with Gasteiger partial charge in [-0.25, -0.2) is 0 Å². The van der Waals surface area contributed by atoms with Crippen LogP contribution < -0.4 is 0 Å². The van der Waals surface area contributed by atoms with Crippen LogP contribution in [-0.4, -0.2) is 34.2 Å². The highest BCUT2D eigenvalue weighted by Gasteiger charge is 2.33. The third-order valence-corrected chi connectivity index (χ3v) is 2.07. The topological polar surface area (TPSA) is 48.2 Å². The van der Waals surface area contributed by atoms with Crippen molar-refractivity contribution in [1.29, 1.82) is 0 Å². The van der Waals surface area contributed by atoms with Crippen molar-refractivity contribution < 1.29 is 5.11 Å². The standard InChI is InChI=1S/C11H17N3O/c1-6-7-12-9-8(2)14(5)13-10(9)11(3,4)15/h6-7,15H,2H2,1,3-5H3/b7-6-,12-9?. The molecule has 0 unspecified atom stereocenters. The molecule has 0 aliphatic carbocycles. The van der Waals surface area contributed by atoms with E-state index in [1.165, 1.54) is 0 Å². The highest BCUT2D eigenvalue weighted by atomic mass is 16.3. The molecule has 0 spiro atoms. The fraction of sp³-hybridized carbons (Fsp3) is 0.455. The Balaban J connectivity index is 3.14. The minimum atomic E-state index is -1.01. The van der Waals surface area contributed by atoms with Gasteiger partial charge in [-0.2, -0.15) is 5.10 Å². The molecule has 0 atom stereocenters. The molecule has 82 valence electrons. The van der Waals surface area contributed by atoms with E-state index in [4.69, 9.17) is 0 Å². The van der Waals surface area contributed by atoms with E-state index in [0.29, 0.717) is 17.1 Å². The Bertz CT molecular complexity index is 359. The van der Waals surface area contributed by atoms with E-state index < -0.39 is 5.60 Å². The third-order valence-electron chi connectivity index (χ3n) is 2.07. The lowest BCUT2D eigenvalue weighted by atomic mass is 9.98. The van der Waals surface area contributed by atoms with Crippen LogP contribution in [0.5, 0.6) is 0 Å². The van der Waals surface area contributed by atoms with Gasteiger partial charge in [0.1, 0.15) is 17.0 Å². The molecule has 4 nitrogen and oxygen atoms in total. The number of allylic oxidation sites excluding steroid dienone is 2. The minimum absolute atomic E-state index is 0.549. The monoisotopic (exact) mass is 207 g/mol. The lowest BCUT2D eigenvalue weighted by molar-refractivity contribution is 0.155. The molecular weight excluding hydrogens is 190 g/mol. The molecule has 0 aromatic heterocycles. The summed E-state index contributed by atoms with van der Waals surface area (Å²) in [5, 5.41) is 15.8. The van der Waals surface area contributed by atoms with Crippen molar-refractivity contribution in [3.63, 3.8) is 0 Å². The van der Waals surface area contributed by atoms with E-state index in [-0.39, 0.29) is 0 Å². The fourth-order valence-corrected chi connectivity index (χ4v) is 1.24. The van der Waals surface area contributed by atoms with Crippen LogP contribution in [0.3, 0.4) is 0 Å². The average Bonchev–Trinajstić information content (AvgIpc) is 2.40. The van der Waals surface area contributed by atoms with Gasteiger partial charge in [-0.15, -0.1) is 0 Å². The first-order valence-electron chi connectivity index (χ1n) is 4.81. The number of hydrazone groups is 1. The first-order chi connectivity index (χ1) is 6.88. The van der Waals surface area contributed by atoms with Crippen molar-refractivity contribution in [1.82, 2.24) is 5.01 Å². The van der Waals surface area contributed by atoms with Crippen LogP contribution in [0.15, 0.2) is 34.6 Å². The zero-order chi connectivity index (χ0) is 11.6. The zero-order valence-corrected chi connectivity index (χ0v) is 9.65. The summed E-state index contributed by atoms with van der Waals surface area (Å²) in [7, 11) is 1.78. The van der Waals surface area contributed by atoms with Crippen molar-refractivity contribution in [3.8, 4) is 0 Å². The Kier molecular flexibility index (Phi) is 3.09. The third kappa shape index (κ3) is 2.33. The molecular formula is C11H17N3O. The second-order valence-corrected chi connectivity index (χ2v) is 3.94. The molecule has 1 aliphatic heterocycles. The molecule has 0 radical (unpaired) electrons. The molecule has 0 amide bonds. The van der Waals surface area contributed by atoms with Gasteiger partial charge in [0.2, 0.25) is 0 Å². The van der Waals surface area contributed by atoms with Gasteiger partial charge in [-0.3, -0.25) is 10.0 Å². The number of aliphatic imine (C=N–C) groups is 1. The van der Waals surface area contributed by atoms with E-state index in [1.54, 1.807) is 32.1 Å². The molecule has 0 aromatic rings. The molecule has 1 rings (SSSR count). The highest BCUT2D eigenvalue weighted by molar-refractivity contribution is 6.51. The number of hydrogen-bond donors (Lipinski definition) is 1. The predicted molar refractivity (Wildman–Crippen MR) is 62.9 cm³/mol. The van der Waals surface area contributed by atoms with Gasteiger partial charge in [-0.05, 0) is 20.8 Å². The SMILES string of the molecule is C=C1C(=N/C=C\C)C(C(C)(C)O)=NN1C. The van der Waals surface area contributed by atoms with Gasteiger partial charge >= 0.3 is 0 Å². The maximum Gasteiger partial charge on any atom is 0.120 e. The van der Waals surface area contributed by atoms with Crippen molar-refractivity contribution in [3.05, 3.63) is 24.6 Å². The van der Waals surface area contributed by atoms with Gasteiger partial charge in [0.25, 0.3) is 0 Å². The largest absolute Gasteiger partial charge is 0.384 e. The first kappa shape index (κ1) is 11.7. The Labute approximate surface area is 90.3 Å². The summed E-state index contributed by atoms with van der Waals surface area (Å²) in [6.45, 7) is 9.12. The molecule has 0 saturated carbocycles. The van der Waals surface area contributed by atoms with E-state index in [9.17, 15) is 5.11 Å². The van der Waals surface area contributed by atoms with Crippen LogP contribution in [0.4, 0.5) is 0 Å². The van der Waals surface area contributed by atoms with Crippen LogP contribution in [0.25, 0.3) is 0 Å². The fourth-order valence-electron chi connectivity index (χ4n) is 1.24. The summed E-state index contributed by atoms with van der Waals surface area (Å²) in [5.41, 5.74) is 0.884. The summed E-state index contributed by atoms with van der Waals surface area (Å²) in [6.07, 6.45) is 3.49. The maximum atomic E-state index is 9.92. The van der Waals surface area contributed by atoms with Crippen LogP contribution in [-0.2, 0) is 0 Å². The molecule has 0 saturated heterocycles. The lowest BCUT2D eigenvalue weighted by Gasteiger charge is -2.16. The summed E-state index contributed by atoms with van der Waals surface area (Å²) >= 11 is 0. The summed E-state index contributed by atoms with van der Waals surface area (Å²) in [5.74, 6) is 0. The summed E-state index contributed by atoms with van der Waals surface area (Å²) in [4.78, 5) is 4.23. The smallest absolute Gasteiger partial charge is 0.120 e. The molecule has 0 aromatic carbocycles. The molecule has 15 heavy (non-hydrogen) atoms. The van der Waals surface area contributed by atoms with E-state index in [1.807, 2.05) is 13.0 Å². The second-order valence-electron chi connectivity index (χ2n) is 3.94. The van der Waals surface area contributed by atoms with Gasteiger partial charge in [0.15, 0.2) is 0 Å². The normalized spacial score (nSPS) is 20.6. The summed E-state index contributed by atoms with van der Waals surface area (Å²) in [6, 6.07) is 0. The highest BCUT2D eigenvalue weighted by Crippen LogP contribution is 2.20. The number of rotatable bonds is 2. The number of nitrogens with zero attached hydrogens (tertiary/aromatic N) is 3. The summed E-state index contributed by atoms with van der Waals surface area (Å²) < 4.78 is 0. The number of hydrogen-bond acceptors (Lipinski definition) is 4. The second kappa shape index (κ2) is 3.98. The zero-order valence-electron chi connectivity index (χ0n) is 9.65. The Morgan fingerprint density at radius 3 is 2.60 bits per heavy atom. The van der Waals surface area contributed by atoms with Gasteiger partial charge < -0.3 is 5.11 Å². The maximum absolute atomic E-state index is 9.92. The molecule has 1 N–H and O–H groups in total. The first-order valence-corrected chi connectivity index (χ1v) is 4.81. The van der Waals surface area contributed by atoms with Crippen LogP contribution in [0, 0.1) is 0 Å². The molecule has 1 aliphatic rings.